The Balaban J connectivity index is 1.56. The number of amides is 1. The van der Waals surface area contributed by atoms with E-state index in [9.17, 15) is 9.59 Å². The molecule has 6 heteroatoms. The minimum atomic E-state index is -0.441. The predicted molar refractivity (Wildman–Crippen MR) is 113 cm³/mol. The number of nitrogens with zero attached hydrogens (tertiary/aromatic N) is 3. The molecule has 29 heavy (non-hydrogen) atoms. The topological polar surface area (TPSA) is 69.3 Å². The minimum Gasteiger partial charge on any atom is -0.337 e. The molecular weight excluding hydrogens is 364 g/mol. The van der Waals surface area contributed by atoms with Crippen molar-refractivity contribution >= 4 is 5.91 Å². The van der Waals surface area contributed by atoms with Crippen LogP contribution in [0.1, 0.15) is 47.2 Å². The first-order chi connectivity index (χ1) is 13.8. The number of likely N-dealkylation sites (tertiary alicyclic amines) is 2. The Hall–Kier alpha value is -2.47. The molecule has 0 spiro atoms. The van der Waals surface area contributed by atoms with E-state index in [1.54, 1.807) is 6.07 Å². The Morgan fingerprint density at radius 1 is 1.24 bits per heavy atom. The fourth-order valence-corrected chi connectivity index (χ4v) is 5.14. The summed E-state index contributed by atoms with van der Waals surface area (Å²) in [7, 11) is 2.18. The van der Waals surface area contributed by atoms with Gasteiger partial charge in [-0.15, -0.1) is 0 Å². The van der Waals surface area contributed by atoms with Crippen LogP contribution in [0.3, 0.4) is 0 Å². The summed E-state index contributed by atoms with van der Waals surface area (Å²) in [5.41, 5.74) is 3.25. The van der Waals surface area contributed by atoms with E-state index in [0.29, 0.717) is 30.3 Å². The molecule has 6 nitrogen and oxygen atoms in total. The lowest BCUT2D eigenvalue weighted by Gasteiger charge is -2.28. The van der Waals surface area contributed by atoms with Crippen molar-refractivity contribution in [2.75, 3.05) is 26.7 Å². The number of hydrogen-bond acceptors (Lipinski definition) is 4. The number of nitrogens with one attached hydrogen (secondary N) is 1. The fourth-order valence-electron chi connectivity index (χ4n) is 5.14. The highest BCUT2D eigenvalue weighted by molar-refractivity contribution is 5.92. The van der Waals surface area contributed by atoms with Gasteiger partial charge in [-0.05, 0) is 49.4 Å². The van der Waals surface area contributed by atoms with Crippen molar-refractivity contribution in [1.82, 2.24) is 19.8 Å². The number of carbonyl (C=O) groups excluding carboxylic acids is 1. The molecule has 1 aromatic heterocycles. The zero-order valence-electron chi connectivity index (χ0n) is 17.7. The van der Waals surface area contributed by atoms with Crippen LogP contribution in [0, 0.1) is 24.7 Å². The second kappa shape index (κ2) is 7.75. The summed E-state index contributed by atoms with van der Waals surface area (Å²) in [5.74, 6) is 1.13. The van der Waals surface area contributed by atoms with Crippen molar-refractivity contribution in [3.05, 3.63) is 63.3 Å². The van der Waals surface area contributed by atoms with Crippen molar-refractivity contribution in [2.45, 2.75) is 33.2 Å². The van der Waals surface area contributed by atoms with Gasteiger partial charge >= 0.3 is 5.69 Å². The van der Waals surface area contributed by atoms with Gasteiger partial charge in [0.2, 0.25) is 0 Å². The van der Waals surface area contributed by atoms with Crippen LogP contribution in [0.15, 0.2) is 35.1 Å². The van der Waals surface area contributed by atoms with Gasteiger partial charge < -0.3 is 9.88 Å². The van der Waals surface area contributed by atoms with Crippen molar-refractivity contribution < 1.29 is 4.79 Å². The summed E-state index contributed by atoms with van der Waals surface area (Å²) >= 11 is 0. The lowest BCUT2D eigenvalue weighted by molar-refractivity contribution is 0.0761. The maximum Gasteiger partial charge on any atom is 0.345 e. The first kappa shape index (κ1) is 19.8. The van der Waals surface area contributed by atoms with Gasteiger partial charge in [0.15, 0.2) is 0 Å². The number of aromatic nitrogens is 2. The highest BCUT2D eigenvalue weighted by atomic mass is 16.2. The van der Waals surface area contributed by atoms with Gasteiger partial charge in [-0.3, -0.25) is 9.69 Å². The van der Waals surface area contributed by atoms with Crippen LogP contribution in [0.2, 0.25) is 0 Å². The molecule has 1 amide bonds. The number of aryl methyl sites for hydroxylation is 1. The molecule has 0 bridgehead atoms. The molecule has 3 heterocycles. The molecule has 2 aliphatic rings. The summed E-state index contributed by atoms with van der Waals surface area (Å²) in [5, 5.41) is 0. The third-order valence-electron chi connectivity index (χ3n) is 6.34. The van der Waals surface area contributed by atoms with Gasteiger partial charge in [-0.1, -0.05) is 38.1 Å². The van der Waals surface area contributed by atoms with Gasteiger partial charge in [-0.2, -0.15) is 4.98 Å². The van der Waals surface area contributed by atoms with E-state index in [0.717, 1.165) is 25.2 Å². The van der Waals surface area contributed by atoms with Gasteiger partial charge in [0.25, 0.3) is 5.91 Å². The van der Waals surface area contributed by atoms with Gasteiger partial charge in [0.1, 0.15) is 5.69 Å². The summed E-state index contributed by atoms with van der Waals surface area (Å²) in [6, 6.07) is 10.6. The second-order valence-corrected chi connectivity index (χ2v) is 9.07. The number of H-pyrrole nitrogens is 1. The van der Waals surface area contributed by atoms with Crippen molar-refractivity contribution in [2.24, 2.45) is 17.8 Å². The van der Waals surface area contributed by atoms with E-state index in [4.69, 9.17) is 0 Å². The molecule has 3 atom stereocenters. The predicted octanol–water partition coefficient (Wildman–Crippen LogP) is 2.65. The Kier molecular flexibility index (Phi) is 5.30. The number of benzene rings is 1. The summed E-state index contributed by atoms with van der Waals surface area (Å²) in [4.78, 5) is 36.2. The first-order valence-corrected chi connectivity index (χ1v) is 10.5. The molecule has 4 rings (SSSR count). The monoisotopic (exact) mass is 394 g/mol. The molecule has 1 N–H and O–H groups in total. The number of hydrogen-bond donors (Lipinski definition) is 1. The van der Waals surface area contributed by atoms with E-state index in [2.05, 4.69) is 67.0 Å². The zero-order valence-corrected chi connectivity index (χ0v) is 17.7. The number of aromatic amines is 1. The smallest absolute Gasteiger partial charge is 0.337 e. The van der Waals surface area contributed by atoms with E-state index in [-0.39, 0.29) is 11.6 Å². The maximum absolute atomic E-state index is 13.2. The van der Waals surface area contributed by atoms with E-state index in [1.807, 2.05) is 4.90 Å². The average Bonchev–Trinajstić information content (AvgIpc) is 3.17. The maximum atomic E-state index is 13.2. The van der Waals surface area contributed by atoms with Gasteiger partial charge in [-0.25, -0.2) is 4.79 Å². The Bertz CT molecular complexity index is 967. The van der Waals surface area contributed by atoms with Crippen LogP contribution in [-0.2, 0) is 6.42 Å². The first-order valence-electron chi connectivity index (χ1n) is 10.5. The van der Waals surface area contributed by atoms with Crippen LogP contribution in [0.25, 0.3) is 0 Å². The highest BCUT2D eigenvalue weighted by Crippen LogP contribution is 2.45. The highest BCUT2D eigenvalue weighted by Gasteiger charge is 2.47. The van der Waals surface area contributed by atoms with Crippen molar-refractivity contribution in [1.29, 1.82) is 0 Å². The van der Waals surface area contributed by atoms with Gasteiger partial charge in [0, 0.05) is 37.3 Å². The van der Waals surface area contributed by atoms with Gasteiger partial charge in [0.05, 0.1) is 0 Å². The molecule has 0 radical (unpaired) electrons. The van der Waals surface area contributed by atoms with E-state index < -0.39 is 5.69 Å². The molecule has 1 aromatic carbocycles. The lowest BCUT2D eigenvalue weighted by atomic mass is 9.88. The second-order valence-electron chi connectivity index (χ2n) is 9.07. The average molecular weight is 395 g/mol. The van der Waals surface area contributed by atoms with Crippen LogP contribution in [0.5, 0.6) is 0 Å². The number of rotatable bonds is 4. The molecular formula is C23H30N4O2. The number of carbonyl (C=O) groups is 1. The van der Waals surface area contributed by atoms with Crippen LogP contribution in [0.4, 0.5) is 0 Å². The minimum absolute atomic E-state index is 0.123. The SMILES string of the molecule is Cc1ccccc1[C@H]1[C@@H]2CN(C(=O)c3cc(CC(C)C)[nH]c(=O)n3)C[C@@H]2CN1C. The summed E-state index contributed by atoms with van der Waals surface area (Å²) in [6.07, 6.45) is 0.726. The molecule has 0 aliphatic carbocycles. The molecule has 0 unspecified atom stereocenters. The third-order valence-corrected chi connectivity index (χ3v) is 6.34. The number of fused-ring (bicyclic) bond motifs is 1. The molecule has 2 fully saturated rings. The van der Waals surface area contributed by atoms with Crippen molar-refractivity contribution in [3.8, 4) is 0 Å². The van der Waals surface area contributed by atoms with Crippen LogP contribution in [-0.4, -0.2) is 52.4 Å². The fraction of sp³-hybridized carbons (Fsp3) is 0.522. The summed E-state index contributed by atoms with van der Waals surface area (Å²) in [6.45, 7) is 8.75. The summed E-state index contributed by atoms with van der Waals surface area (Å²) < 4.78 is 0. The van der Waals surface area contributed by atoms with E-state index in [1.165, 1.54) is 11.1 Å². The quantitative estimate of drug-likeness (QED) is 0.866. The molecule has 154 valence electrons. The van der Waals surface area contributed by atoms with Crippen molar-refractivity contribution in [3.63, 3.8) is 0 Å². The molecule has 0 saturated carbocycles. The zero-order chi connectivity index (χ0) is 20.7. The Morgan fingerprint density at radius 3 is 2.72 bits per heavy atom. The van der Waals surface area contributed by atoms with Crippen LogP contribution < -0.4 is 5.69 Å². The molecule has 2 aliphatic heterocycles. The van der Waals surface area contributed by atoms with Crippen LogP contribution >= 0.6 is 0 Å². The Morgan fingerprint density at radius 2 is 2.00 bits per heavy atom. The molecule has 2 aromatic rings. The third kappa shape index (κ3) is 3.86. The van der Waals surface area contributed by atoms with E-state index >= 15 is 0 Å². The lowest BCUT2D eigenvalue weighted by Crippen LogP contribution is -2.35. The Labute approximate surface area is 172 Å². The molecule has 2 saturated heterocycles. The normalized spacial score (nSPS) is 24.3. The largest absolute Gasteiger partial charge is 0.345 e. The standard InChI is InChI=1S/C23H30N4O2/c1-14(2)9-17-10-20(25-23(29)24-17)22(28)27-12-16-11-26(4)21(19(16)13-27)18-8-6-5-7-15(18)3/h5-8,10,14,16,19,21H,9,11-13H2,1-4H3,(H,24,25,29)/t16-,19+,21-/m0/s1.